The van der Waals surface area contributed by atoms with E-state index in [9.17, 15) is 0 Å². The van der Waals surface area contributed by atoms with Gasteiger partial charge in [-0.05, 0) is 39.5 Å². The van der Waals surface area contributed by atoms with E-state index in [-0.39, 0.29) is 28.3 Å². The first-order chi connectivity index (χ1) is 18.0. The van der Waals surface area contributed by atoms with E-state index in [4.69, 9.17) is 23.9 Å². The number of nitriles is 1. The summed E-state index contributed by atoms with van der Waals surface area (Å²) in [6, 6.07) is 39.2. The molecule has 9 heteroatoms. The molecule has 0 aliphatic heterocycles. The summed E-state index contributed by atoms with van der Waals surface area (Å²) in [6.45, 7) is 7.58. The summed E-state index contributed by atoms with van der Waals surface area (Å²) in [4.78, 5) is 2.21. The second-order valence-corrected chi connectivity index (χ2v) is 10.8. The Morgan fingerprint density at radius 2 is 1.28 bits per heavy atom. The van der Waals surface area contributed by atoms with Gasteiger partial charge in [0.05, 0.1) is 6.07 Å². The second kappa shape index (κ2) is 19.6. The van der Waals surface area contributed by atoms with Gasteiger partial charge in [0.1, 0.15) is 0 Å². The van der Waals surface area contributed by atoms with Crippen molar-refractivity contribution in [2.24, 2.45) is 0 Å². The van der Waals surface area contributed by atoms with Gasteiger partial charge in [-0.3, -0.25) is 0 Å². The van der Waals surface area contributed by atoms with Crippen molar-refractivity contribution in [3.63, 3.8) is 0 Å². The second-order valence-electron chi connectivity index (χ2n) is 7.94. The Morgan fingerprint density at radius 1 is 0.872 bits per heavy atom. The zero-order valence-corrected chi connectivity index (χ0v) is 25.5. The fourth-order valence-corrected chi connectivity index (χ4v) is 5.03. The fraction of sp³-hybridized carbons (Fsp3) is 0.167. The van der Waals surface area contributed by atoms with E-state index < -0.39 is 10.2 Å². The van der Waals surface area contributed by atoms with E-state index in [1.807, 2.05) is 18.2 Å². The molecule has 1 atom stereocenters. The van der Waals surface area contributed by atoms with Crippen molar-refractivity contribution in [1.82, 2.24) is 4.90 Å². The molecule has 4 rings (SSSR count). The van der Waals surface area contributed by atoms with Gasteiger partial charge in [-0.2, -0.15) is 23.5 Å². The molecule has 0 aromatic heterocycles. The maximum absolute atomic E-state index is 8.49. The molecule has 0 N–H and O–H groups in total. The minimum atomic E-state index is -4.94. The van der Waals surface area contributed by atoms with Crippen LogP contribution in [0, 0.1) is 27.6 Å². The molecule has 0 unspecified atom stereocenters. The first-order valence-corrected chi connectivity index (χ1v) is 14.2. The van der Waals surface area contributed by atoms with Crippen LogP contribution in [0.5, 0.6) is 0 Å². The topological polar surface area (TPSA) is 119 Å². The summed E-state index contributed by atoms with van der Waals surface area (Å²) in [5, 5.41) is 12.6. The zero-order valence-electron chi connectivity index (χ0n) is 22.3. The zero-order chi connectivity index (χ0) is 28.6. The number of rotatable bonds is 5. The molecule has 6 nitrogen and oxygen atoms in total. The Balaban J connectivity index is 0.000000572. The van der Waals surface area contributed by atoms with Crippen molar-refractivity contribution >= 4 is 29.3 Å². The number of hydrogen-bond donors (Lipinski definition) is 0. The Morgan fingerprint density at radius 3 is 1.69 bits per heavy atom. The van der Waals surface area contributed by atoms with Gasteiger partial charge in [-0.15, -0.1) is 32.6 Å². The van der Waals surface area contributed by atoms with Crippen LogP contribution in [0.1, 0.15) is 25.5 Å². The summed E-state index contributed by atoms with van der Waals surface area (Å²) >= 11 is 0. The third-order valence-corrected chi connectivity index (χ3v) is 7.27. The maximum Gasteiger partial charge on any atom is 2.00 e. The molecule has 0 saturated heterocycles. The van der Waals surface area contributed by atoms with Crippen LogP contribution in [0.25, 0.3) is 10.8 Å². The minimum absolute atomic E-state index is 0. The Kier molecular flexibility index (Phi) is 18.4. The van der Waals surface area contributed by atoms with Crippen LogP contribution >= 0.6 is 7.92 Å². The van der Waals surface area contributed by atoms with Crippen molar-refractivity contribution in [3.8, 4) is 6.07 Å². The molecule has 0 heterocycles. The molecule has 0 aliphatic carbocycles. The molecule has 0 amide bonds. The Labute approximate surface area is 249 Å². The third kappa shape index (κ3) is 14.5. The number of hydrogen-bond acceptors (Lipinski definition) is 6. The van der Waals surface area contributed by atoms with Crippen LogP contribution in [0.3, 0.4) is 0 Å². The normalized spacial score (nSPS) is 10.8. The van der Waals surface area contributed by atoms with Gasteiger partial charge < -0.3 is 4.90 Å². The predicted molar refractivity (Wildman–Crippen MR) is 145 cm³/mol. The Hall–Kier alpha value is -2.45. The van der Waals surface area contributed by atoms with Gasteiger partial charge in [0.2, 0.25) is 0 Å². The van der Waals surface area contributed by atoms with Gasteiger partial charge in [-0.1, -0.05) is 91.3 Å². The smallest absolute Gasteiger partial charge is 0.305 e. The van der Waals surface area contributed by atoms with Crippen LogP contribution in [0.2, 0.25) is 0 Å². The molecule has 208 valence electrons. The van der Waals surface area contributed by atoms with Crippen molar-refractivity contribution in [2.75, 3.05) is 14.1 Å². The number of nitrogens with zero attached hydrogens (tertiary/aromatic N) is 2. The van der Waals surface area contributed by atoms with E-state index in [1.165, 1.54) is 33.9 Å². The van der Waals surface area contributed by atoms with Crippen LogP contribution < -0.4 is 29.2 Å². The molecular weight excluding hydrogens is 625 g/mol. The summed E-state index contributed by atoms with van der Waals surface area (Å²) in [7, 11) is -1.13. The molecular formula is C30H32ClN2O4PPd. The number of halogens is 1. The SMILES string of the molecule is C=CP(c1ccccc1)c1ccccc1.CC#N.C[C@H](c1[c-]ccc2ccccc12)N(C)C.[O-][Cl+3]([O-])([O-])[O-].[Pd+2]. The van der Waals surface area contributed by atoms with Crippen molar-refractivity contribution in [1.29, 1.82) is 5.26 Å². The van der Waals surface area contributed by atoms with Crippen molar-refractivity contribution in [2.45, 2.75) is 19.9 Å². The molecule has 0 spiro atoms. The van der Waals surface area contributed by atoms with E-state index >= 15 is 0 Å². The average molecular weight is 657 g/mol. The first-order valence-electron chi connectivity index (χ1n) is 11.5. The largest absolute Gasteiger partial charge is 2.00 e. The van der Waals surface area contributed by atoms with E-state index in [1.54, 1.807) is 6.07 Å². The molecule has 0 bridgehead atoms. The van der Waals surface area contributed by atoms with Crippen LogP contribution in [-0.2, 0) is 20.4 Å². The van der Waals surface area contributed by atoms with Crippen molar-refractivity contribution in [3.05, 3.63) is 121 Å². The van der Waals surface area contributed by atoms with Crippen molar-refractivity contribution < 1.29 is 49.3 Å². The quantitative estimate of drug-likeness (QED) is 0.185. The predicted octanol–water partition coefficient (Wildman–Crippen LogP) is 2.30. The standard InChI is InChI=1S/C14H16N.C14H13P.C2H3N.ClHO4.Pd/c1-11(15(2)3)13-10-6-8-12-7-4-5-9-14(12)13;1-2-15(13-9-5-3-6-10-13)14-11-7-4-8-12-14;1-2-3;2-1(3,4)5;/h4-9,11H,1-3H3;2-12H,1H2;1H3;(H,2,3,4,5);/q-1;;;;+2/p-1/t11-;;;;/m1..../s1. The van der Waals surface area contributed by atoms with Crippen LogP contribution in [0.4, 0.5) is 0 Å². The Bertz CT molecular complexity index is 1220. The summed E-state index contributed by atoms with van der Waals surface area (Å²) in [5.74, 6) is 2.06. The average Bonchev–Trinajstić information content (AvgIpc) is 2.89. The summed E-state index contributed by atoms with van der Waals surface area (Å²) < 4.78 is 34.0. The van der Waals surface area contributed by atoms with Gasteiger partial charge >= 0.3 is 20.4 Å². The molecule has 4 aromatic rings. The molecule has 0 radical (unpaired) electrons. The monoisotopic (exact) mass is 656 g/mol. The maximum atomic E-state index is 8.49. The van der Waals surface area contributed by atoms with Crippen LogP contribution in [-0.4, -0.2) is 19.0 Å². The number of fused-ring (bicyclic) bond motifs is 1. The summed E-state index contributed by atoms with van der Waals surface area (Å²) in [5.41, 5.74) is 1.28. The van der Waals surface area contributed by atoms with E-state index in [2.05, 4.69) is 123 Å². The third-order valence-electron chi connectivity index (χ3n) is 5.20. The molecule has 4 aromatic carbocycles. The minimum Gasteiger partial charge on any atom is -0.305 e. The van der Waals surface area contributed by atoms with Crippen LogP contribution in [0.15, 0.2) is 109 Å². The summed E-state index contributed by atoms with van der Waals surface area (Å²) in [6.07, 6.45) is 0. The first kappa shape index (κ1) is 36.6. The molecule has 0 fully saturated rings. The number of benzene rings is 4. The van der Waals surface area contributed by atoms with Gasteiger partial charge in [0, 0.05) is 13.0 Å². The fourth-order valence-electron chi connectivity index (χ4n) is 3.33. The molecule has 0 aliphatic rings. The van der Waals surface area contributed by atoms with Gasteiger partial charge in [-0.25, -0.2) is 18.6 Å². The molecule has 39 heavy (non-hydrogen) atoms. The molecule has 0 saturated carbocycles. The van der Waals surface area contributed by atoms with Gasteiger partial charge in [0.25, 0.3) is 0 Å². The van der Waals surface area contributed by atoms with Gasteiger partial charge in [0.15, 0.2) is 0 Å². The van der Waals surface area contributed by atoms with E-state index in [0.717, 1.165) is 0 Å². The van der Waals surface area contributed by atoms with E-state index in [0.29, 0.717) is 6.04 Å².